The van der Waals surface area contributed by atoms with Crippen LogP contribution in [0.25, 0.3) is 0 Å². The monoisotopic (exact) mass is 260 g/mol. The van der Waals surface area contributed by atoms with E-state index in [2.05, 4.69) is 20.5 Å². The molecular weight excluding hydrogens is 244 g/mol. The third-order valence-electron chi connectivity index (χ3n) is 2.69. The summed E-state index contributed by atoms with van der Waals surface area (Å²) in [6.07, 6.45) is 1.69. The molecule has 2 rings (SSSR count). The molecule has 6 nitrogen and oxygen atoms in total. The van der Waals surface area contributed by atoms with Crippen LogP contribution in [0.1, 0.15) is 35.4 Å². The third-order valence-corrected chi connectivity index (χ3v) is 2.69. The van der Waals surface area contributed by atoms with E-state index < -0.39 is 5.91 Å². The molecule has 6 heteroatoms. The molecule has 0 unspecified atom stereocenters. The molecule has 1 aromatic carbocycles. The van der Waals surface area contributed by atoms with E-state index in [1.54, 1.807) is 19.1 Å². The molecule has 1 aromatic heterocycles. The van der Waals surface area contributed by atoms with Gasteiger partial charge in [-0.05, 0) is 25.0 Å². The maximum absolute atomic E-state index is 11.9. The highest BCUT2D eigenvalue weighted by atomic mass is 16.3. The first kappa shape index (κ1) is 13.1. The van der Waals surface area contributed by atoms with Crippen molar-refractivity contribution in [3.8, 4) is 5.75 Å². The minimum Gasteiger partial charge on any atom is -0.508 e. The van der Waals surface area contributed by atoms with Gasteiger partial charge in [-0.2, -0.15) is 0 Å². The van der Waals surface area contributed by atoms with Crippen LogP contribution in [-0.2, 0) is 6.42 Å². The molecule has 1 heterocycles. The van der Waals surface area contributed by atoms with E-state index in [1.165, 1.54) is 6.07 Å². The first-order valence-electron chi connectivity index (χ1n) is 6.12. The van der Waals surface area contributed by atoms with Crippen molar-refractivity contribution in [2.75, 3.05) is 5.32 Å². The van der Waals surface area contributed by atoms with Crippen LogP contribution in [0.5, 0.6) is 5.75 Å². The number of H-pyrrole nitrogens is 1. The molecule has 100 valence electrons. The number of benzene rings is 1. The highest BCUT2D eigenvalue weighted by Gasteiger charge is 2.12. The molecule has 0 atom stereocenters. The number of aryl methyl sites for hydroxylation is 2. The van der Waals surface area contributed by atoms with Crippen molar-refractivity contribution in [2.45, 2.75) is 26.7 Å². The molecule has 0 aliphatic carbocycles. The zero-order valence-electron chi connectivity index (χ0n) is 10.9. The van der Waals surface area contributed by atoms with E-state index in [0.29, 0.717) is 11.5 Å². The number of hydrogen-bond acceptors (Lipinski definition) is 4. The standard InChI is InChI=1S/C13H16N4O2/c1-3-4-11-15-12(17-16-11)13(19)14-9-6-5-8(2)10(18)7-9/h5-7,18H,3-4H2,1-2H3,(H,14,19)(H,15,16,17). The Balaban J connectivity index is 2.09. The molecule has 0 aliphatic heterocycles. The summed E-state index contributed by atoms with van der Waals surface area (Å²) in [6.45, 7) is 3.81. The van der Waals surface area contributed by atoms with Crippen molar-refractivity contribution < 1.29 is 9.90 Å². The number of nitrogens with one attached hydrogen (secondary N) is 2. The van der Waals surface area contributed by atoms with Crippen molar-refractivity contribution in [3.63, 3.8) is 0 Å². The van der Waals surface area contributed by atoms with Crippen LogP contribution >= 0.6 is 0 Å². The van der Waals surface area contributed by atoms with Gasteiger partial charge < -0.3 is 10.4 Å². The molecule has 0 saturated heterocycles. The Labute approximate surface area is 110 Å². The zero-order valence-corrected chi connectivity index (χ0v) is 10.9. The number of nitrogens with zero attached hydrogens (tertiary/aromatic N) is 2. The maximum atomic E-state index is 11.9. The van der Waals surface area contributed by atoms with E-state index in [4.69, 9.17) is 0 Å². The molecule has 0 bridgehead atoms. The van der Waals surface area contributed by atoms with Crippen molar-refractivity contribution >= 4 is 11.6 Å². The van der Waals surface area contributed by atoms with Crippen LogP contribution in [-0.4, -0.2) is 26.2 Å². The van der Waals surface area contributed by atoms with Crippen molar-refractivity contribution in [3.05, 3.63) is 35.4 Å². The van der Waals surface area contributed by atoms with E-state index in [9.17, 15) is 9.90 Å². The fourth-order valence-corrected chi connectivity index (χ4v) is 1.62. The number of hydrogen-bond donors (Lipinski definition) is 3. The van der Waals surface area contributed by atoms with Crippen molar-refractivity contribution in [1.82, 2.24) is 15.2 Å². The van der Waals surface area contributed by atoms with E-state index >= 15 is 0 Å². The van der Waals surface area contributed by atoms with Gasteiger partial charge in [-0.1, -0.05) is 13.0 Å². The number of aromatic amines is 1. The Bertz CT molecular complexity index is 592. The van der Waals surface area contributed by atoms with Gasteiger partial charge in [-0.15, -0.1) is 5.10 Å². The maximum Gasteiger partial charge on any atom is 0.295 e. The van der Waals surface area contributed by atoms with Crippen LogP contribution in [0.3, 0.4) is 0 Å². The SMILES string of the molecule is CCCc1nc(C(=O)Nc2ccc(C)c(O)c2)n[nH]1. The van der Waals surface area contributed by atoms with Crippen molar-refractivity contribution in [2.24, 2.45) is 0 Å². The summed E-state index contributed by atoms with van der Waals surface area (Å²) < 4.78 is 0. The number of anilines is 1. The summed E-state index contributed by atoms with van der Waals surface area (Å²) in [6, 6.07) is 4.94. The number of rotatable bonds is 4. The summed E-state index contributed by atoms with van der Waals surface area (Å²) in [7, 11) is 0. The van der Waals surface area contributed by atoms with Gasteiger partial charge in [-0.3, -0.25) is 9.89 Å². The normalized spacial score (nSPS) is 10.4. The largest absolute Gasteiger partial charge is 0.508 e. The first-order chi connectivity index (χ1) is 9.10. The Morgan fingerprint density at radius 3 is 2.95 bits per heavy atom. The topological polar surface area (TPSA) is 90.9 Å². The molecule has 3 N–H and O–H groups in total. The molecule has 0 aliphatic rings. The molecule has 0 fully saturated rings. The summed E-state index contributed by atoms with van der Waals surface area (Å²) in [4.78, 5) is 16.0. The third kappa shape index (κ3) is 3.09. The molecule has 0 radical (unpaired) electrons. The second kappa shape index (κ2) is 5.51. The van der Waals surface area contributed by atoms with Gasteiger partial charge in [0.15, 0.2) is 0 Å². The molecule has 19 heavy (non-hydrogen) atoms. The lowest BCUT2D eigenvalue weighted by atomic mass is 10.2. The predicted octanol–water partition coefficient (Wildman–Crippen LogP) is 2.02. The summed E-state index contributed by atoms with van der Waals surface area (Å²) in [5.41, 5.74) is 1.26. The fourth-order valence-electron chi connectivity index (χ4n) is 1.62. The Morgan fingerprint density at radius 2 is 2.26 bits per heavy atom. The van der Waals surface area contributed by atoms with E-state index in [1.807, 2.05) is 6.92 Å². The number of carbonyl (C=O) groups is 1. The first-order valence-corrected chi connectivity index (χ1v) is 6.12. The number of carbonyl (C=O) groups excluding carboxylic acids is 1. The number of phenols is 1. The Kier molecular flexibility index (Phi) is 3.79. The second-order valence-corrected chi connectivity index (χ2v) is 4.31. The van der Waals surface area contributed by atoms with Gasteiger partial charge >= 0.3 is 0 Å². The van der Waals surface area contributed by atoms with Gasteiger partial charge in [0.2, 0.25) is 5.82 Å². The molecule has 1 amide bonds. The quantitative estimate of drug-likeness (QED) is 0.784. The van der Waals surface area contributed by atoms with Crippen LogP contribution in [0.4, 0.5) is 5.69 Å². The highest BCUT2D eigenvalue weighted by Crippen LogP contribution is 2.20. The van der Waals surface area contributed by atoms with E-state index in [0.717, 1.165) is 18.4 Å². The van der Waals surface area contributed by atoms with Crippen molar-refractivity contribution in [1.29, 1.82) is 0 Å². The number of phenolic OH excluding ortho intramolecular Hbond substituents is 1. The zero-order chi connectivity index (χ0) is 13.8. The van der Waals surface area contributed by atoms with Gasteiger partial charge in [0.1, 0.15) is 11.6 Å². The average molecular weight is 260 g/mol. The minimum absolute atomic E-state index is 0.100. The van der Waals surface area contributed by atoms with Gasteiger partial charge in [-0.25, -0.2) is 4.98 Å². The summed E-state index contributed by atoms with van der Waals surface area (Å²) >= 11 is 0. The van der Waals surface area contributed by atoms with Gasteiger partial charge in [0, 0.05) is 18.2 Å². The molecule has 0 saturated carbocycles. The number of amides is 1. The van der Waals surface area contributed by atoms with Crippen LogP contribution < -0.4 is 5.32 Å². The fraction of sp³-hybridized carbons (Fsp3) is 0.308. The molecule has 0 spiro atoms. The lowest BCUT2D eigenvalue weighted by molar-refractivity contribution is 0.101. The molecule has 2 aromatic rings. The van der Waals surface area contributed by atoms with Crippen LogP contribution in [0, 0.1) is 6.92 Å². The van der Waals surface area contributed by atoms with E-state index in [-0.39, 0.29) is 11.6 Å². The lowest BCUT2D eigenvalue weighted by Crippen LogP contribution is -2.13. The highest BCUT2D eigenvalue weighted by molar-refractivity contribution is 6.01. The predicted molar refractivity (Wildman–Crippen MR) is 71.2 cm³/mol. The van der Waals surface area contributed by atoms with Gasteiger partial charge in [0.25, 0.3) is 5.91 Å². The van der Waals surface area contributed by atoms with Crippen LogP contribution in [0.15, 0.2) is 18.2 Å². The lowest BCUT2D eigenvalue weighted by Gasteiger charge is -2.04. The summed E-state index contributed by atoms with van der Waals surface area (Å²) in [5.74, 6) is 0.532. The number of aromatic nitrogens is 3. The second-order valence-electron chi connectivity index (χ2n) is 4.31. The molecular formula is C13H16N4O2. The van der Waals surface area contributed by atoms with Gasteiger partial charge in [0.05, 0.1) is 0 Å². The average Bonchev–Trinajstić information content (AvgIpc) is 2.83. The number of aromatic hydroxyl groups is 1. The summed E-state index contributed by atoms with van der Waals surface area (Å²) in [5, 5.41) is 18.8. The smallest absolute Gasteiger partial charge is 0.295 e. The minimum atomic E-state index is -0.401. The Morgan fingerprint density at radius 1 is 1.47 bits per heavy atom. The van der Waals surface area contributed by atoms with Crippen LogP contribution in [0.2, 0.25) is 0 Å². The Hall–Kier alpha value is -2.37.